The Kier molecular flexibility index (Phi) is 9.79. The summed E-state index contributed by atoms with van der Waals surface area (Å²) in [4.78, 5) is 27.7. The Balaban J connectivity index is 2.39. The van der Waals surface area contributed by atoms with Crippen molar-refractivity contribution in [2.75, 3.05) is 23.7 Å². The Hall–Kier alpha value is -2.29. The van der Waals surface area contributed by atoms with Crippen molar-refractivity contribution in [1.82, 2.24) is 10.2 Å². The third-order valence-electron chi connectivity index (χ3n) is 5.16. The fraction of sp³-hybridized carbons (Fsp3) is 0.417. The molecule has 0 heterocycles. The van der Waals surface area contributed by atoms with E-state index in [0.29, 0.717) is 6.54 Å². The molecule has 0 saturated carbocycles. The monoisotopic (exact) mass is 527 g/mol. The predicted octanol–water partition coefficient (Wildman–Crippen LogP) is 4.26. The lowest BCUT2D eigenvalue weighted by Gasteiger charge is -2.31. The lowest BCUT2D eigenvalue weighted by Crippen LogP contribution is -2.51. The van der Waals surface area contributed by atoms with Gasteiger partial charge in [0, 0.05) is 13.1 Å². The molecule has 7 nitrogen and oxygen atoms in total. The molecule has 2 amide bonds. The molecule has 0 fully saturated rings. The molecule has 0 spiro atoms. The Morgan fingerprint density at radius 1 is 1.03 bits per heavy atom. The van der Waals surface area contributed by atoms with Crippen LogP contribution in [0.5, 0.6) is 0 Å². The number of carbonyl (C=O) groups excluding carboxylic acids is 2. The molecule has 0 bridgehead atoms. The molecule has 0 saturated heterocycles. The van der Waals surface area contributed by atoms with Crippen LogP contribution >= 0.6 is 23.2 Å². The minimum Gasteiger partial charge on any atom is -0.354 e. The molecule has 1 unspecified atom stereocenters. The highest BCUT2D eigenvalue weighted by Gasteiger charge is 2.30. The van der Waals surface area contributed by atoms with E-state index in [-0.39, 0.29) is 34.1 Å². The molecule has 2 aromatic carbocycles. The maximum atomic E-state index is 13.5. The predicted molar refractivity (Wildman–Crippen MR) is 138 cm³/mol. The van der Waals surface area contributed by atoms with Crippen molar-refractivity contribution in [1.29, 1.82) is 0 Å². The molecular formula is C24H31Cl2N3O4S. The lowest BCUT2D eigenvalue weighted by molar-refractivity contribution is -0.139. The highest BCUT2D eigenvalue weighted by atomic mass is 35.5. The molecule has 0 radical (unpaired) electrons. The first kappa shape index (κ1) is 28.0. The van der Waals surface area contributed by atoms with Crippen LogP contribution in [0.15, 0.2) is 42.5 Å². The van der Waals surface area contributed by atoms with Crippen LogP contribution in [0.25, 0.3) is 0 Å². The number of hydrogen-bond acceptors (Lipinski definition) is 4. The number of amides is 2. The zero-order valence-corrected chi connectivity index (χ0v) is 22.3. The molecular weight excluding hydrogens is 497 g/mol. The van der Waals surface area contributed by atoms with Crippen LogP contribution in [0.1, 0.15) is 31.9 Å². The van der Waals surface area contributed by atoms with Gasteiger partial charge in [-0.05, 0) is 43.5 Å². The van der Waals surface area contributed by atoms with Crippen molar-refractivity contribution < 1.29 is 18.0 Å². The summed E-state index contributed by atoms with van der Waals surface area (Å²) in [7, 11) is -3.84. The second-order valence-corrected chi connectivity index (χ2v) is 11.4. The first-order chi connectivity index (χ1) is 15.8. The number of aryl methyl sites for hydroxylation is 1. The van der Waals surface area contributed by atoms with Gasteiger partial charge in [-0.1, -0.05) is 66.9 Å². The van der Waals surface area contributed by atoms with Crippen LogP contribution in [0, 0.1) is 12.8 Å². The van der Waals surface area contributed by atoms with Crippen molar-refractivity contribution in [2.24, 2.45) is 5.92 Å². The second kappa shape index (κ2) is 11.9. The first-order valence-corrected chi connectivity index (χ1v) is 13.5. The molecule has 2 rings (SSSR count). The number of rotatable bonds is 10. The minimum absolute atomic E-state index is 0.149. The normalized spacial score (nSPS) is 12.4. The smallest absolute Gasteiger partial charge is 0.244 e. The second-order valence-electron chi connectivity index (χ2n) is 8.69. The third-order valence-corrected chi connectivity index (χ3v) is 7.04. The summed E-state index contributed by atoms with van der Waals surface area (Å²) >= 11 is 12.0. The van der Waals surface area contributed by atoms with Crippen LogP contribution in [0.2, 0.25) is 10.0 Å². The summed E-state index contributed by atoms with van der Waals surface area (Å²) in [6, 6.07) is 11.1. The van der Waals surface area contributed by atoms with E-state index in [4.69, 9.17) is 23.2 Å². The van der Waals surface area contributed by atoms with Crippen LogP contribution in [0.3, 0.4) is 0 Å². The van der Waals surface area contributed by atoms with Gasteiger partial charge in [-0.2, -0.15) is 0 Å². The van der Waals surface area contributed by atoms with Gasteiger partial charge in [-0.25, -0.2) is 8.42 Å². The summed E-state index contributed by atoms with van der Waals surface area (Å²) in [5, 5.41) is 3.28. The van der Waals surface area contributed by atoms with Crippen molar-refractivity contribution in [3.8, 4) is 0 Å². The largest absolute Gasteiger partial charge is 0.354 e. The lowest BCUT2D eigenvalue weighted by atomic mass is 10.1. The fourth-order valence-corrected chi connectivity index (χ4v) is 4.43. The fourth-order valence-electron chi connectivity index (χ4n) is 3.30. The Labute approximate surface area is 212 Å². The summed E-state index contributed by atoms with van der Waals surface area (Å²) in [5.41, 5.74) is 2.05. The summed E-state index contributed by atoms with van der Waals surface area (Å²) in [6.45, 7) is 7.63. The number of nitrogens with one attached hydrogen (secondary N) is 1. The molecule has 0 aromatic heterocycles. The van der Waals surface area contributed by atoms with Crippen molar-refractivity contribution >= 4 is 50.7 Å². The number of hydrogen-bond donors (Lipinski definition) is 1. The van der Waals surface area contributed by atoms with E-state index < -0.39 is 28.5 Å². The van der Waals surface area contributed by atoms with Gasteiger partial charge in [-0.3, -0.25) is 13.9 Å². The van der Waals surface area contributed by atoms with E-state index in [0.717, 1.165) is 21.7 Å². The van der Waals surface area contributed by atoms with Crippen molar-refractivity contribution in [3.05, 3.63) is 63.6 Å². The average molecular weight is 529 g/mol. The molecule has 34 heavy (non-hydrogen) atoms. The molecule has 0 aliphatic heterocycles. The number of anilines is 1. The highest BCUT2D eigenvalue weighted by molar-refractivity contribution is 7.92. The van der Waals surface area contributed by atoms with E-state index in [2.05, 4.69) is 5.32 Å². The van der Waals surface area contributed by atoms with Gasteiger partial charge in [0.2, 0.25) is 21.8 Å². The van der Waals surface area contributed by atoms with Crippen LogP contribution in [0.4, 0.5) is 5.69 Å². The summed E-state index contributed by atoms with van der Waals surface area (Å²) in [5.74, 6) is -0.590. The van der Waals surface area contributed by atoms with E-state index in [9.17, 15) is 18.0 Å². The maximum absolute atomic E-state index is 13.5. The molecule has 2 aromatic rings. The Bertz CT molecular complexity index is 1140. The van der Waals surface area contributed by atoms with Gasteiger partial charge in [0.05, 0.1) is 22.0 Å². The van der Waals surface area contributed by atoms with Crippen molar-refractivity contribution in [3.63, 3.8) is 0 Å². The highest BCUT2D eigenvalue weighted by Crippen LogP contribution is 2.28. The first-order valence-electron chi connectivity index (χ1n) is 10.8. The number of sulfonamides is 1. The minimum atomic E-state index is -3.84. The zero-order chi connectivity index (χ0) is 25.6. The molecule has 1 N–H and O–H groups in total. The van der Waals surface area contributed by atoms with Crippen LogP contribution in [-0.2, 0) is 26.2 Å². The van der Waals surface area contributed by atoms with E-state index in [1.807, 2.05) is 45.0 Å². The zero-order valence-electron chi connectivity index (χ0n) is 20.0. The van der Waals surface area contributed by atoms with Gasteiger partial charge in [0.1, 0.15) is 12.6 Å². The van der Waals surface area contributed by atoms with Crippen LogP contribution in [-0.4, -0.2) is 50.5 Å². The van der Waals surface area contributed by atoms with Crippen molar-refractivity contribution in [2.45, 2.75) is 40.3 Å². The number of benzene rings is 2. The number of carbonyl (C=O) groups is 2. The Morgan fingerprint density at radius 2 is 1.71 bits per heavy atom. The molecule has 0 aliphatic carbocycles. The average Bonchev–Trinajstić information content (AvgIpc) is 2.74. The third kappa shape index (κ3) is 7.89. The van der Waals surface area contributed by atoms with Gasteiger partial charge in [0.15, 0.2) is 0 Å². The number of halogens is 2. The quantitative estimate of drug-likeness (QED) is 0.500. The SMILES string of the molecule is Cc1cccc(CN(C(=O)CN(c2ccc(Cl)c(Cl)c2)S(C)(=O)=O)C(C)C(=O)NCC(C)C)c1. The van der Waals surface area contributed by atoms with Gasteiger partial charge in [0.25, 0.3) is 0 Å². The van der Waals surface area contributed by atoms with E-state index in [1.165, 1.54) is 23.1 Å². The summed E-state index contributed by atoms with van der Waals surface area (Å²) < 4.78 is 26.1. The molecule has 10 heteroatoms. The van der Waals surface area contributed by atoms with E-state index >= 15 is 0 Å². The van der Waals surface area contributed by atoms with Gasteiger partial charge < -0.3 is 10.2 Å². The summed E-state index contributed by atoms with van der Waals surface area (Å²) in [6.07, 6.45) is 1.01. The van der Waals surface area contributed by atoms with Gasteiger partial charge in [-0.15, -0.1) is 0 Å². The Morgan fingerprint density at radius 3 is 2.26 bits per heavy atom. The van der Waals surface area contributed by atoms with E-state index in [1.54, 1.807) is 6.92 Å². The van der Waals surface area contributed by atoms with Gasteiger partial charge >= 0.3 is 0 Å². The topological polar surface area (TPSA) is 86.8 Å². The maximum Gasteiger partial charge on any atom is 0.244 e. The number of nitrogens with zero attached hydrogens (tertiary/aromatic N) is 2. The standard InChI is InChI=1S/C24H31Cl2N3O4S/c1-16(2)13-27-24(31)18(4)28(14-19-8-6-7-17(3)11-19)23(30)15-29(34(5,32)33)20-9-10-21(25)22(26)12-20/h6-12,16,18H,13-15H2,1-5H3,(H,27,31). The molecule has 0 aliphatic rings. The molecule has 1 atom stereocenters. The van der Waals surface area contributed by atoms with Crippen LogP contribution < -0.4 is 9.62 Å². The molecule has 186 valence electrons.